The molecule has 0 radical (unpaired) electrons. The second-order valence-electron chi connectivity index (χ2n) is 6.03. The van der Waals surface area contributed by atoms with E-state index in [4.69, 9.17) is 9.47 Å². The highest BCUT2D eigenvalue weighted by atomic mass is 127. The third-order valence-electron chi connectivity index (χ3n) is 3.47. The molecule has 0 saturated carbocycles. The maximum atomic E-state index is 5.91. The Morgan fingerprint density at radius 3 is 2.60 bits per heavy atom. The molecule has 0 bridgehead atoms. The van der Waals surface area contributed by atoms with Crippen LogP contribution in [-0.4, -0.2) is 38.9 Å². The van der Waals surface area contributed by atoms with E-state index >= 15 is 0 Å². The lowest BCUT2D eigenvalue weighted by Crippen LogP contribution is -2.37. The number of hydrogen-bond donors (Lipinski definition) is 2. The van der Waals surface area contributed by atoms with Gasteiger partial charge in [0.1, 0.15) is 5.75 Å². The standard InChI is InChI=1S/C19H33N3O2.HI/c1-6-23-12-8-7-11-21-19(20-5)22-14-17-10-9-16(4)13-18(17)24-15(2)3;/h9-10,13,15H,6-8,11-12,14H2,1-5H3,(H2,20,21,22);1H. The molecule has 0 atom stereocenters. The van der Waals surface area contributed by atoms with E-state index in [-0.39, 0.29) is 30.1 Å². The fourth-order valence-corrected chi connectivity index (χ4v) is 2.25. The van der Waals surface area contributed by atoms with Crippen molar-refractivity contribution in [3.8, 4) is 5.75 Å². The van der Waals surface area contributed by atoms with Gasteiger partial charge < -0.3 is 20.1 Å². The molecule has 0 aliphatic heterocycles. The van der Waals surface area contributed by atoms with Crippen LogP contribution in [0.2, 0.25) is 0 Å². The van der Waals surface area contributed by atoms with E-state index in [2.05, 4.69) is 40.7 Å². The first-order chi connectivity index (χ1) is 11.6. The summed E-state index contributed by atoms with van der Waals surface area (Å²) in [5.74, 6) is 1.74. The third kappa shape index (κ3) is 10.5. The van der Waals surface area contributed by atoms with Crippen LogP contribution in [0, 0.1) is 6.92 Å². The average molecular weight is 463 g/mol. The maximum Gasteiger partial charge on any atom is 0.191 e. The molecule has 6 heteroatoms. The van der Waals surface area contributed by atoms with Crippen LogP contribution in [0.25, 0.3) is 0 Å². The van der Waals surface area contributed by atoms with Gasteiger partial charge in [-0.25, -0.2) is 0 Å². The topological polar surface area (TPSA) is 54.9 Å². The molecule has 5 nitrogen and oxygen atoms in total. The smallest absolute Gasteiger partial charge is 0.191 e. The molecule has 2 N–H and O–H groups in total. The van der Waals surface area contributed by atoms with Gasteiger partial charge >= 0.3 is 0 Å². The number of guanidine groups is 1. The summed E-state index contributed by atoms with van der Waals surface area (Å²) in [5, 5.41) is 6.68. The number of hydrogen-bond acceptors (Lipinski definition) is 3. The van der Waals surface area contributed by atoms with Crippen molar-refractivity contribution in [1.82, 2.24) is 10.6 Å². The van der Waals surface area contributed by atoms with Gasteiger partial charge in [-0.3, -0.25) is 4.99 Å². The van der Waals surface area contributed by atoms with Gasteiger partial charge in [-0.1, -0.05) is 12.1 Å². The molecule has 1 aromatic carbocycles. The number of unbranched alkanes of at least 4 members (excludes halogenated alkanes) is 1. The van der Waals surface area contributed by atoms with Crippen molar-refractivity contribution in [1.29, 1.82) is 0 Å². The lowest BCUT2D eigenvalue weighted by atomic mass is 10.1. The summed E-state index contributed by atoms with van der Waals surface area (Å²) in [6.45, 7) is 11.4. The van der Waals surface area contributed by atoms with Crippen LogP contribution < -0.4 is 15.4 Å². The van der Waals surface area contributed by atoms with E-state index < -0.39 is 0 Å². The van der Waals surface area contributed by atoms with Crippen molar-refractivity contribution < 1.29 is 9.47 Å². The van der Waals surface area contributed by atoms with E-state index in [1.807, 2.05) is 20.8 Å². The Kier molecular flexibility index (Phi) is 13.6. The minimum absolute atomic E-state index is 0. The predicted molar refractivity (Wildman–Crippen MR) is 116 cm³/mol. The zero-order chi connectivity index (χ0) is 17.8. The summed E-state index contributed by atoms with van der Waals surface area (Å²) < 4.78 is 11.3. The highest BCUT2D eigenvalue weighted by molar-refractivity contribution is 14.0. The lowest BCUT2D eigenvalue weighted by Gasteiger charge is -2.17. The first-order valence-corrected chi connectivity index (χ1v) is 8.85. The van der Waals surface area contributed by atoms with Gasteiger partial charge in [0.05, 0.1) is 6.10 Å². The Morgan fingerprint density at radius 2 is 1.96 bits per heavy atom. The van der Waals surface area contributed by atoms with Crippen LogP contribution >= 0.6 is 24.0 Å². The maximum absolute atomic E-state index is 5.91. The van der Waals surface area contributed by atoms with Crippen molar-refractivity contribution in [2.45, 2.75) is 53.2 Å². The van der Waals surface area contributed by atoms with Crippen LogP contribution in [0.15, 0.2) is 23.2 Å². The molecular formula is C19H34IN3O2. The van der Waals surface area contributed by atoms with Crippen molar-refractivity contribution in [3.05, 3.63) is 29.3 Å². The quantitative estimate of drug-likeness (QED) is 0.239. The molecular weight excluding hydrogens is 429 g/mol. The Hall–Kier alpha value is -1.02. The van der Waals surface area contributed by atoms with Crippen molar-refractivity contribution >= 4 is 29.9 Å². The minimum Gasteiger partial charge on any atom is -0.491 e. The summed E-state index contributed by atoms with van der Waals surface area (Å²) in [6, 6.07) is 6.30. The molecule has 0 heterocycles. The second-order valence-corrected chi connectivity index (χ2v) is 6.03. The van der Waals surface area contributed by atoms with Crippen molar-refractivity contribution in [2.75, 3.05) is 26.8 Å². The number of ether oxygens (including phenoxy) is 2. The molecule has 0 fully saturated rings. The van der Waals surface area contributed by atoms with Gasteiger partial charge in [-0.05, 0) is 52.2 Å². The van der Waals surface area contributed by atoms with Gasteiger partial charge in [-0.2, -0.15) is 0 Å². The Bertz CT molecular complexity index is 507. The molecule has 1 rings (SSSR count). The van der Waals surface area contributed by atoms with Crippen molar-refractivity contribution in [2.24, 2.45) is 4.99 Å². The van der Waals surface area contributed by atoms with E-state index in [1.165, 1.54) is 5.56 Å². The molecule has 1 aromatic rings. The Morgan fingerprint density at radius 1 is 1.20 bits per heavy atom. The fraction of sp³-hybridized carbons (Fsp3) is 0.632. The first kappa shape index (κ1) is 24.0. The molecule has 144 valence electrons. The fourth-order valence-electron chi connectivity index (χ4n) is 2.25. The summed E-state index contributed by atoms with van der Waals surface area (Å²) in [4.78, 5) is 4.27. The summed E-state index contributed by atoms with van der Waals surface area (Å²) in [5.41, 5.74) is 2.33. The molecule has 0 spiro atoms. The van der Waals surface area contributed by atoms with Gasteiger partial charge in [-0.15, -0.1) is 24.0 Å². The highest BCUT2D eigenvalue weighted by Crippen LogP contribution is 2.21. The zero-order valence-electron chi connectivity index (χ0n) is 16.2. The van der Waals surface area contributed by atoms with Crippen LogP contribution in [0.4, 0.5) is 0 Å². The molecule has 0 saturated heterocycles. The number of benzene rings is 1. The number of aliphatic imine (C=N–C) groups is 1. The van der Waals surface area contributed by atoms with Crippen LogP contribution in [0.1, 0.15) is 44.7 Å². The van der Waals surface area contributed by atoms with Crippen molar-refractivity contribution in [3.63, 3.8) is 0 Å². The Balaban J connectivity index is 0.00000576. The van der Waals surface area contributed by atoms with E-state index in [9.17, 15) is 0 Å². The van der Waals surface area contributed by atoms with Gasteiger partial charge in [0.15, 0.2) is 5.96 Å². The number of aryl methyl sites for hydroxylation is 1. The predicted octanol–water partition coefficient (Wildman–Crippen LogP) is 3.88. The number of rotatable bonds is 10. The van der Waals surface area contributed by atoms with E-state index in [0.717, 1.165) is 49.9 Å². The molecule has 0 amide bonds. The van der Waals surface area contributed by atoms with E-state index in [0.29, 0.717) is 6.54 Å². The second kappa shape index (κ2) is 14.2. The van der Waals surface area contributed by atoms with Crippen LogP contribution in [0.5, 0.6) is 5.75 Å². The summed E-state index contributed by atoms with van der Waals surface area (Å²) in [6.07, 6.45) is 2.28. The van der Waals surface area contributed by atoms with E-state index in [1.54, 1.807) is 7.05 Å². The van der Waals surface area contributed by atoms with Gasteiger partial charge in [0.2, 0.25) is 0 Å². The number of nitrogens with zero attached hydrogens (tertiary/aromatic N) is 1. The normalized spacial score (nSPS) is 11.2. The average Bonchev–Trinajstić information content (AvgIpc) is 2.54. The Labute approximate surface area is 170 Å². The molecule has 0 aliphatic rings. The van der Waals surface area contributed by atoms with Crippen LogP contribution in [-0.2, 0) is 11.3 Å². The largest absolute Gasteiger partial charge is 0.491 e. The molecule has 0 unspecified atom stereocenters. The summed E-state index contributed by atoms with van der Waals surface area (Å²) in [7, 11) is 1.79. The number of nitrogens with one attached hydrogen (secondary N) is 2. The first-order valence-electron chi connectivity index (χ1n) is 8.85. The van der Waals surface area contributed by atoms with Crippen LogP contribution in [0.3, 0.4) is 0 Å². The van der Waals surface area contributed by atoms with Gasteiger partial charge in [0, 0.05) is 38.9 Å². The minimum atomic E-state index is 0. The highest BCUT2D eigenvalue weighted by Gasteiger charge is 2.07. The molecule has 25 heavy (non-hydrogen) atoms. The summed E-state index contributed by atoms with van der Waals surface area (Å²) >= 11 is 0. The molecule has 0 aromatic heterocycles. The lowest BCUT2D eigenvalue weighted by molar-refractivity contribution is 0.143. The SMILES string of the molecule is CCOCCCCNC(=NC)NCc1ccc(C)cc1OC(C)C.I. The molecule has 0 aliphatic carbocycles. The van der Waals surface area contributed by atoms with Gasteiger partial charge in [0.25, 0.3) is 0 Å². The number of halogens is 1. The third-order valence-corrected chi connectivity index (χ3v) is 3.47. The monoisotopic (exact) mass is 463 g/mol. The zero-order valence-corrected chi connectivity index (χ0v) is 18.6.